The first-order valence-corrected chi connectivity index (χ1v) is 8.18. The Balaban J connectivity index is 3.70. The highest BCUT2D eigenvalue weighted by molar-refractivity contribution is 4.71. The van der Waals surface area contributed by atoms with Crippen molar-refractivity contribution in [3.8, 4) is 0 Å². The lowest BCUT2D eigenvalue weighted by molar-refractivity contribution is 0.257. The molecular weight excluding hydrogens is 216 g/mol. The second-order valence-electron chi connectivity index (χ2n) is 8.18. The van der Waals surface area contributed by atoms with Gasteiger partial charge in [-0.05, 0) is 36.0 Å². The lowest BCUT2D eigenvalue weighted by Crippen LogP contribution is -2.13. The van der Waals surface area contributed by atoms with E-state index in [1.54, 1.807) is 0 Å². The average molecular weight is 255 g/mol. The fourth-order valence-corrected chi connectivity index (χ4v) is 2.50. The van der Waals surface area contributed by atoms with Crippen molar-refractivity contribution in [2.24, 2.45) is 16.7 Å². The van der Waals surface area contributed by atoms with Gasteiger partial charge in [-0.25, -0.2) is 0 Å². The molecule has 0 unspecified atom stereocenters. The van der Waals surface area contributed by atoms with Gasteiger partial charge in [0.1, 0.15) is 0 Å². The molecule has 0 fully saturated rings. The van der Waals surface area contributed by atoms with Crippen LogP contribution in [0, 0.1) is 16.7 Å². The molecule has 0 rings (SSSR count). The van der Waals surface area contributed by atoms with E-state index >= 15 is 0 Å². The van der Waals surface area contributed by atoms with Gasteiger partial charge in [0.15, 0.2) is 0 Å². The molecule has 0 aromatic heterocycles. The molecule has 110 valence electrons. The summed E-state index contributed by atoms with van der Waals surface area (Å²) in [6, 6.07) is 0. The van der Waals surface area contributed by atoms with Gasteiger partial charge in [0.05, 0.1) is 0 Å². The molecule has 0 radical (unpaired) electrons. The first kappa shape index (κ1) is 18.0. The third kappa shape index (κ3) is 9.97. The van der Waals surface area contributed by atoms with Gasteiger partial charge in [0.2, 0.25) is 0 Å². The van der Waals surface area contributed by atoms with Crippen molar-refractivity contribution < 1.29 is 0 Å². The van der Waals surface area contributed by atoms with Crippen molar-refractivity contribution in [3.63, 3.8) is 0 Å². The molecule has 0 aromatic carbocycles. The normalized spacial score (nSPS) is 13.3. The molecule has 0 aromatic rings. The topological polar surface area (TPSA) is 0 Å². The Morgan fingerprint density at radius 1 is 0.722 bits per heavy atom. The summed E-state index contributed by atoms with van der Waals surface area (Å²) in [5.41, 5.74) is 1.12. The Morgan fingerprint density at radius 2 is 1.17 bits per heavy atom. The summed E-state index contributed by atoms with van der Waals surface area (Å²) in [6.45, 7) is 16.7. The Kier molecular flexibility index (Phi) is 8.23. The predicted molar refractivity (Wildman–Crippen MR) is 85.0 cm³/mol. The highest BCUT2D eigenvalue weighted by Crippen LogP contribution is 2.33. The number of hydrogen-bond donors (Lipinski definition) is 0. The lowest BCUT2D eigenvalue weighted by atomic mass is 9.79. The van der Waals surface area contributed by atoms with E-state index in [0.29, 0.717) is 10.8 Å². The van der Waals surface area contributed by atoms with Gasteiger partial charge in [0, 0.05) is 0 Å². The molecule has 0 saturated carbocycles. The third-order valence-corrected chi connectivity index (χ3v) is 4.55. The quantitative estimate of drug-likeness (QED) is 0.374. The standard InChI is InChI=1S/C18H38/c1-8-17(4,5)13-9-10-14-18(6,7)15-11-12-16(2)3/h16H,8-15H2,1-7H3. The largest absolute Gasteiger partial charge is 0.0649 e. The second kappa shape index (κ2) is 8.23. The maximum atomic E-state index is 2.46. The van der Waals surface area contributed by atoms with E-state index < -0.39 is 0 Å². The van der Waals surface area contributed by atoms with E-state index in [1.165, 1.54) is 51.4 Å². The molecule has 0 saturated heterocycles. The summed E-state index contributed by atoms with van der Waals surface area (Å²) >= 11 is 0. The van der Waals surface area contributed by atoms with Crippen LogP contribution in [-0.2, 0) is 0 Å². The first-order chi connectivity index (χ1) is 8.18. The van der Waals surface area contributed by atoms with Crippen molar-refractivity contribution in [2.45, 2.75) is 99.8 Å². The zero-order chi connectivity index (χ0) is 14.2. The molecule has 0 bridgehead atoms. The van der Waals surface area contributed by atoms with Crippen molar-refractivity contribution in [2.75, 3.05) is 0 Å². The van der Waals surface area contributed by atoms with Gasteiger partial charge >= 0.3 is 0 Å². The van der Waals surface area contributed by atoms with Crippen LogP contribution in [0.25, 0.3) is 0 Å². The van der Waals surface area contributed by atoms with E-state index in [2.05, 4.69) is 48.5 Å². The summed E-state index contributed by atoms with van der Waals surface area (Å²) in [5.74, 6) is 0.867. The van der Waals surface area contributed by atoms with Gasteiger partial charge in [-0.15, -0.1) is 0 Å². The molecule has 0 aliphatic rings. The molecule has 0 amide bonds. The average Bonchev–Trinajstić information content (AvgIpc) is 2.24. The number of unbranched alkanes of at least 4 members (excludes halogenated alkanes) is 1. The molecule has 0 atom stereocenters. The molecule has 0 heterocycles. The predicted octanol–water partition coefficient (Wildman–Crippen LogP) is 6.84. The minimum atomic E-state index is 0.557. The van der Waals surface area contributed by atoms with Crippen LogP contribution >= 0.6 is 0 Å². The van der Waals surface area contributed by atoms with E-state index in [1.807, 2.05) is 0 Å². The Bertz CT molecular complexity index is 198. The van der Waals surface area contributed by atoms with Crippen molar-refractivity contribution in [1.82, 2.24) is 0 Å². The molecule has 0 aliphatic heterocycles. The Hall–Kier alpha value is 0. The van der Waals surface area contributed by atoms with Gasteiger partial charge in [-0.2, -0.15) is 0 Å². The van der Waals surface area contributed by atoms with Crippen LogP contribution in [0.1, 0.15) is 99.8 Å². The zero-order valence-electron chi connectivity index (χ0n) is 14.2. The van der Waals surface area contributed by atoms with Crippen molar-refractivity contribution in [3.05, 3.63) is 0 Å². The maximum Gasteiger partial charge on any atom is -0.0354 e. The van der Waals surface area contributed by atoms with Crippen LogP contribution in [0.2, 0.25) is 0 Å². The number of hydrogen-bond acceptors (Lipinski definition) is 0. The molecule has 0 spiro atoms. The molecule has 0 heteroatoms. The summed E-state index contributed by atoms with van der Waals surface area (Å²) in [5, 5.41) is 0. The minimum Gasteiger partial charge on any atom is -0.0649 e. The van der Waals surface area contributed by atoms with E-state index in [0.717, 1.165) is 5.92 Å². The van der Waals surface area contributed by atoms with Crippen molar-refractivity contribution in [1.29, 1.82) is 0 Å². The summed E-state index contributed by atoms with van der Waals surface area (Å²) < 4.78 is 0. The summed E-state index contributed by atoms with van der Waals surface area (Å²) in [7, 11) is 0. The SMILES string of the molecule is CCC(C)(C)CCCCC(C)(C)CCCC(C)C. The van der Waals surface area contributed by atoms with Crippen LogP contribution in [0.4, 0.5) is 0 Å². The van der Waals surface area contributed by atoms with E-state index in [-0.39, 0.29) is 0 Å². The van der Waals surface area contributed by atoms with Gasteiger partial charge < -0.3 is 0 Å². The van der Waals surface area contributed by atoms with Crippen LogP contribution < -0.4 is 0 Å². The summed E-state index contributed by atoms with van der Waals surface area (Å²) in [4.78, 5) is 0. The molecule has 0 nitrogen and oxygen atoms in total. The van der Waals surface area contributed by atoms with Gasteiger partial charge in [-0.3, -0.25) is 0 Å². The summed E-state index contributed by atoms with van der Waals surface area (Å²) in [6.07, 6.45) is 11.1. The van der Waals surface area contributed by atoms with Crippen molar-refractivity contribution >= 4 is 0 Å². The van der Waals surface area contributed by atoms with Crippen LogP contribution in [0.3, 0.4) is 0 Å². The fraction of sp³-hybridized carbons (Fsp3) is 1.00. The highest BCUT2D eigenvalue weighted by atomic mass is 14.2. The first-order valence-electron chi connectivity index (χ1n) is 8.18. The van der Waals surface area contributed by atoms with E-state index in [9.17, 15) is 0 Å². The molecule has 0 aliphatic carbocycles. The highest BCUT2D eigenvalue weighted by Gasteiger charge is 2.19. The van der Waals surface area contributed by atoms with Gasteiger partial charge in [-0.1, -0.05) is 80.6 Å². The van der Waals surface area contributed by atoms with Crippen LogP contribution in [0.5, 0.6) is 0 Å². The zero-order valence-corrected chi connectivity index (χ0v) is 14.2. The lowest BCUT2D eigenvalue weighted by Gasteiger charge is -2.27. The van der Waals surface area contributed by atoms with Crippen LogP contribution in [-0.4, -0.2) is 0 Å². The molecule has 0 N–H and O–H groups in total. The van der Waals surface area contributed by atoms with E-state index in [4.69, 9.17) is 0 Å². The van der Waals surface area contributed by atoms with Crippen LogP contribution in [0.15, 0.2) is 0 Å². The molecule has 18 heavy (non-hydrogen) atoms. The molecular formula is C18H38. The minimum absolute atomic E-state index is 0.557. The maximum absolute atomic E-state index is 2.46. The monoisotopic (exact) mass is 254 g/mol. The second-order valence-corrected chi connectivity index (χ2v) is 8.18. The third-order valence-electron chi connectivity index (χ3n) is 4.55. The Labute approximate surface area is 117 Å². The van der Waals surface area contributed by atoms with Gasteiger partial charge in [0.25, 0.3) is 0 Å². The Morgan fingerprint density at radius 3 is 1.61 bits per heavy atom. The number of rotatable bonds is 10. The smallest absolute Gasteiger partial charge is 0.0354 e. The fourth-order valence-electron chi connectivity index (χ4n) is 2.50.